The predicted octanol–water partition coefficient (Wildman–Crippen LogP) is 1.57. The molecule has 3 heterocycles. The summed E-state index contributed by atoms with van der Waals surface area (Å²) in [6.45, 7) is 11.3. The number of rotatable bonds is 3. The van der Waals surface area contributed by atoms with Gasteiger partial charge in [0.25, 0.3) is 0 Å². The van der Waals surface area contributed by atoms with E-state index >= 15 is 0 Å². The number of piperazine rings is 1. The van der Waals surface area contributed by atoms with E-state index in [0.29, 0.717) is 19.6 Å². The summed E-state index contributed by atoms with van der Waals surface area (Å²) < 4.78 is 0. The number of amides is 2. The van der Waals surface area contributed by atoms with Gasteiger partial charge in [0.1, 0.15) is 17.7 Å². The Hall–Kier alpha value is -2.18. The van der Waals surface area contributed by atoms with Crippen molar-refractivity contribution in [3.8, 4) is 0 Å². The van der Waals surface area contributed by atoms with Gasteiger partial charge < -0.3 is 14.7 Å². The fourth-order valence-corrected chi connectivity index (χ4v) is 3.76. The second-order valence-corrected chi connectivity index (χ2v) is 7.56. The Kier molecular flexibility index (Phi) is 5.44. The maximum Gasteiger partial charge on any atom is 0.245 e. The molecule has 142 valence electrons. The normalized spacial score (nSPS) is 20.8. The van der Waals surface area contributed by atoms with E-state index in [-0.39, 0.29) is 23.8 Å². The van der Waals surface area contributed by atoms with Crippen LogP contribution in [0.2, 0.25) is 0 Å². The summed E-state index contributed by atoms with van der Waals surface area (Å²) in [4.78, 5) is 39.6. The molecule has 2 saturated heterocycles. The van der Waals surface area contributed by atoms with Crippen LogP contribution in [0.15, 0.2) is 6.07 Å². The van der Waals surface area contributed by atoms with Crippen molar-refractivity contribution in [2.45, 2.75) is 52.5 Å². The SMILES string of the molecule is CC(=O)N1CCCC1C(=O)N1CCN(c2cc(C)nc(C(C)C)n2)CC1. The number of aryl methyl sites for hydroxylation is 1. The zero-order valence-corrected chi connectivity index (χ0v) is 16.2. The molecule has 0 bridgehead atoms. The molecule has 3 rings (SSSR count). The van der Waals surface area contributed by atoms with Crippen molar-refractivity contribution in [2.24, 2.45) is 0 Å². The number of hydrogen-bond acceptors (Lipinski definition) is 5. The molecule has 0 saturated carbocycles. The summed E-state index contributed by atoms with van der Waals surface area (Å²) in [5, 5.41) is 0. The molecule has 0 aromatic carbocycles. The molecule has 7 heteroatoms. The highest BCUT2D eigenvalue weighted by Gasteiger charge is 2.36. The van der Waals surface area contributed by atoms with Crippen molar-refractivity contribution in [2.75, 3.05) is 37.6 Å². The van der Waals surface area contributed by atoms with Crippen molar-refractivity contribution >= 4 is 17.6 Å². The van der Waals surface area contributed by atoms with Crippen LogP contribution in [0.1, 0.15) is 51.0 Å². The highest BCUT2D eigenvalue weighted by atomic mass is 16.2. The van der Waals surface area contributed by atoms with Crippen LogP contribution in [0.3, 0.4) is 0 Å². The first-order valence-electron chi connectivity index (χ1n) is 9.53. The molecule has 0 radical (unpaired) electrons. The van der Waals surface area contributed by atoms with Crippen LogP contribution in [0.25, 0.3) is 0 Å². The van der Waals surface area contributed by atoms with Gasteiger partial charge in [0, 0.05) is 57.3 Å². The lowest BCUT2D eigenvalue weighted by atomic mass is 10.1. The molecule has 1 aromatic rings. The molecule has 2 amide bonds. The summed E-state index contributed by atoms with van der Waals surface area (Å²) in [5.74, 6) is 2.19. The molecule has 2 aliphatic rings. The lowest BCUT2D eigenvalue weighted by molar-refractivity contribution is -0.143. The van der Waals surface area contributed by atoms with Crippen LogP contribution in [0, 0.1) is 6.92 Å². The van der Waals surface area contributed by atoms with E-state index in [1.807, 2.05) is 17.9 Å². The topological polar surface area (TPSA) is 69.6 Å². The van der Waals surface area contributed by atoms with Gasteiger partial charge in [-0.15, -0.1) is 0 Å². The first-order chi connectivity index (χ1) is 12.4. The number of likely N-dealkylation sites (tertiary alicyclic amines) is 1. The monoisotopic (exact) mass is 359 g/mol. The van der Waals surface area contributed by atoms with E-state index in [2.05, 4.69) is 23.7 Å². The fourth-order valence-electron chi connectivity index (χ4n) is 3.76. The van der Waals surface area contributed by atoms with Crippen molar-refractivity contribution < 1.29 is 9.59 Å². The highest BCUT2D eigenvalue weighted by Crippen LogP contribution is 2.22. The largest absolute Gasteiger partial charge is 0.353 e. The molecule has 0 spiro atoms. The fraction of sp³-hybridized carbons (Fsp3) is 0.684. The number of carbonyl (C=O) groups is 2. The van der Waals surface area contributed by atoms with Gasteiger partial charge >= 0.3 is 0 Å². The highest BCUT2D eigenvalue weighted by molar-refractivity contribution is 5.87. The number of hydrogen-bond donors (Lipinski definition) is 0. The molecule has 1 unspecified atom stereocenters. The third-order valence-corrected chi connectivity index (χ3v) is 5.23. The summed E-state index contributed by atoms with van der Waals surface area (Å²) in [6.07, 6.45) is 1.69. The Morgan fingerprint density at radius 2 is 1.81 bits per heavy atom. The lowest BCUT2D eigenvalue weighted by Crippen LogP contribution is -2.54. The predicted molar refractivity (Wildman–Crippen MR) is 100 cm³/mol. The Morgan fingerprint density at radius 3 is 2.42 bits per heavy atom. The van der Waals surface area contributed by atoms with Crippen LogP contribution in [0.5, 0.6) is 0 Å². The van der Waals surface area contributed by atoms with E-state index < -0.39 is 0 Å². The van der Waals surface area contributed by atoms with Crippen LogP contribution >= 0.6 is 0 Å². The van der Waals surface area contributed by atoms with Crippen LogP contribution in [-0.2, 0) is 9.59 Å². The van der Waals surface area contributed by atoms with Crippen LogP contribution in [-0.4, -0.2) is 70.3 Å². The molecular formula is C19H29N5O2. The quantitative estimate of drug-likeness (QED) is 0.819. The van der Waals surface area contributed by atoms with Gasteiger partial charge in [-0.1, -0.05) is 13.8 Å². The molecule has 0 N–H and O–H groups in total. The molecule has 7 nitrogen and oxygen atoms in total. The second kappa shape index (κ2) is 7.60. The number of nitrogens with zero attached hydrogens (tertiary/aromatic N) is 5. The van der Waals surface area contributed by atoms with Gasteiger partial charge in [-0.05, 0) is 19.8 Å². The average molecular weight is 359 g/mol. The van der Waals surface area contributed by atoms with Crippen molar-refractivity contribution in [1.82, 2.24) is 19.8 Å². The zero-order valence-electron chi connectivity index (χ0n) is 16.2. The van der Waals surface area contributed by atoms with Crippen LogP contribution in [0.4, 0.5) is 5.82 Å². The van der Waals surface area contributed by atoms with Crippen molar-refractivity contribution in [1.29, 1.82) is 0 Å². The first kappa shape index (κ1) is 18.6. The summed E-state index contributed by atoms with van der Waals surface area (Å²) in [7, 11) is 0. The van der Waals surface area contributed by atoms with Crippen LogP contribution < -0.4 is 4.90 Å². The number of aromatic nitrogens is 2. The maximum atomic E-state index is 12.8. The van der Waals surface area contributed by atoms with Crippen molar-refractivity contribution in [3.05, 3.63) is 17.6 Å². The molecule has 1 aromatic heterocycles. The Labute approximate surface area is 155 Å². The Morgan fingerprint density at radius 1 is 1.12 bits per heavy atom. The maximum absolute atomic E-state index is 12.8. The minimum absolute atomic E-state index is 0.00263. The van der Waals surface area contributed by atoms with Gasteiger partial charge in [0.15, 0.2) is 0 Å². The van der Waals surface area contributed by atoms with Gasteiger partial charge in [-0.2, -0.15) is 0 Å². The molecule has 0 aliphatic carbocycles. The minimum Gasteiger partial charge on any atom is -0.353 e. The third-order valence-electron chi connectivity index (χ3n) is 5.23. The number of carbonyl (C=O) groups excluding carboxylic acids is 2. The summed E-state index contributed by atoms with van der Waals surface area (Å²) in [5.41, 5.74) is 0.972. The summed E-state index contributed by atoms with van der Waals surface area (Å²) >= 11 is 0. The van der Waals surface area contributed by atoms with E-state index in [1.54, 1.807) is 11.8 Å². The third kappa shape index (κ3) is 3.81. The zero-order chi connectivity index (χ0) is 18.8. The Balaban J connectivity index is 1.64. The smallest absolute Gasteiger partial charge is 0.245 e. The van der Waals surface area contributed by atoms with E-state index in [1.165, 1.54) is 0 Å². The molecular weight excluding hydrogens is 330 g/mol. The minimum atomic E-state index is -0.270. The Bertz CT molecular complexity index is 683. The molecule has 2 fully saturated rings. The molecule has 2 aliphatic heterocycles. The van der Waals surface area contributed by atoms with Gasteiger partial charge in [0.05, 0.1) is 0 Å². The first-order valence-corrected chi connectivity index (χ1v) is 9.53. The van der Waals surface area contributed by atoms with E-state index in [4.69, 9.17) is 4.98 Å². The van der Waals surface area contributed by atoms with E-state index in [9.17, 15) is 9.59 Å². The van der Waals surface area contributed by atoms with E-state index in [0.717, 1.165) is 43.3 Å². The molecule has 1 atom stereocenters. The second-order valence-electron chi connectivity index (χ2n) is 7.56. The molecule has 26 heavy (non-hydrogen) atoms. The van der Waals surface area contributed by atoms with Gasteiger partial charge in [-0.25, -0.2) is 9.97 Å². The standard InChI is InChI=1S/C19H29N5O2/c1-13(2)18-20-14(3)12-17(21-18)22-8-10-23(11-9-22)19(26)16-6-5-7-24(16)15(4)25/h12-13,16H,5-11H2,1-4H3. The summed E-state index contributed by atoms with van der Waals surface area (Å²) in [6, 6.07) is 1.74. The lowest BCUT2D eigenvalue weighted by Gasteiger charge is -2.37. The van der Waals surface area contributed by atoms with Gasteiger partial charge in [0.2, 0.25) is 11.8 Å². The average Bonchev–Trinajstić information content (AvgIpc) is 3.10. The van der Waals surface area contributed by atoms with Crippen molar-refractivity contribution in [3.63, 3.8) is 0 Å². The van der Waals surface area contributed by atoms with Gasteiger partial charge in [-0.3, -0.25) is 9.59 Å². The number of anilines is 1.